The first kappa shape index (κ1) is 16.1. The molecular formula is C19H24ClN. The minimum Gasteiger partial charge on any atom is -0.310 e. The van der Waals surface area contributed by atoms with Gasteiger partial charge < -0.3 is 5.32 Å². The van der Waals surface area contributed by atoms with Crippen molar-refractivity contribution in [2.24, 2.45) is 5.92 Å². The summed E-state index contributed by atoms with van der Waals surface area (Å²) in [6.45, 7) is 7.68. The van der Waals surface area contributed by atoms with Gasteiger partial charge in [-0.3, -0.25) is 0 Å². The van der Waals surface area contributed by atoms with Crippen LogP contribution in [-0.4, -0.2) is 6.54 Å². The summed E-state index contributed by atoms with van der Waals surface area (Å²) in [6, 6.07) is 19.0. The molecule has 0 aromatic heterocycles. The molecule has 0 aliphatic heterocycles. The molecule has 0 saturated carbocycles. The quantitative estimate of drug-likeness (QED) is 0.750. The van der Waals surface area contributed by atoms with Crippen molar-refractivity contribution in [2.45, 2.75) is 32.7 Å². The first-order valence-corrected chi connectivity index (χ1v) is 8.00. The van der Waals surface area contributed by atoms with E-state index < -0.39 is 0 Å². The van der Waals surface area contributed by atoms with E-state index in [4.69, 9.17) is 11.6 Å². The van der Waals surface area contributed by atoms with Crippen molar-refractivity contribution in [1.82, 2.24) is 5.32 Å². The molecule has 112 valence electrons. The van der Waals surface area contributed by atoms with Gasteiger partial charge in [-0.05, 0) is 36.0 Å². The predicted octanol–water partition coefficient (Wildman–Crippen LogP) is 5.43. The van der Waals surface area contributed by atoms with Gasteiger partial charge in [0.15, 0.2) is 0 Å². The van der Waals surface area contributed by atoms with Gasteiger partial charge in [-0.2, -0.15) is 0 Å². The summed E-state index contributed by atoms with van der Waals surface area (Å²) in [6.07, 6.45) is 0. The highest BCUT2D eigenvalue weighted by Crippen LogP contribution is 2.26. The van der Waals surface area contributed by atoms with E-state index in [-0.39, 0.29) is 6.04 Å². The smallest absolute Gasteiger partial charge is 0.0453 e. The fraction of sp³-hybridized carbons (Fsp3) is 0.368. The molecule has 0 aliphatic rings. The van der Waals surface area contributed by atoms with E-state index in [1.54, 1.807) is 0 Å². The van der Waals surface area contributed by atoms with Gasteiger partial charge in [0.2, 0.25) is 0 Å². The van der Waals surface area contributed by atoms with E-state index in [1.807, 2.05) is 18.2 Å². The van der Waals surface area contributed by atoms with Crippen molar-refractivity contribution in [3.05, 3.63) is 70.7 Å². The molecule has 1 nitrogen and oxygen atoms in total. The maximum absolute atomic E-state index is 6.27. The van der Waals surface area contributed by atoms with Crippen LogP contribution in [0.15, 0.2) is 54.6 Å². The molecule has 0 spiro atoms. The van der Waals surface area contributed by atoms with Crippen molar-refractivity contribution in [2.75, 3.05) is 6.54 Å². The van der Waals surface area contributed by atoms with Crippen LogP contribution in [-0.2, 0) is 0 Å². The molecule has 0 fully saturated rings. The molecule has 0 bridgehead atoms. The third-order valence-corrected chi connectivity index (χ3v) is 4.39. The maximum Gasteiger partial charge on any atom is 0.0453 e. The highest BCUT2D eigenvalue weighted by molar-refractivity contribution is 6.31. The highest BCUT2D eigenvalue weighted by atomic mass is 35.5. The summed E-state index contributed by atoms with van der Waals surface area (Å²) in [5.41, 5.74) is 2.56. The SMILES string of the molecule is CC(C)C(CN[C@H](C)c1ccccc1Cl)c1ccccc1. The lowest BCUT2D eigenvalue weighted by Gasteiger charge is -2.25. The molecular weight excluding hydrogens is 278 g/mol. The zero-order chi connectivity index (χ0) is 15.2. The Morgan fingerprint density at radius 3 is 2.14 bits per heavy atom. The van der Waals surface area contributed by atoms with Gasteiger partial charge in [-0.15, -0.1) is 0 Å². The third kappa shape index (κ3) is 4.33. The highest BCUT2D eigenvalue weighted by Gasteiger charge is 2.17. The van der Waals surface area contributed by atoms with E-state index in [1.165, 1.54) is 5.56 Å². The van der Waals surface area contributed by atoms with Crippen LogP contribution in [0.25, 0.3) is 0 Å². The zero-order valence-corrected chi connectivity index (χ0v) is 13.8. The largest absolute Gasteiger partial charge is 0.310 e. The van der Waals surface area contributed by atoms with Gasteiger partial charge in [0.1, 0.15) is 0 Å². The van der Waals surface area contributed by atoms with E-state index in [2.05, 4.69) is 62.5 Å². The topological polar surface area (TPSA) is 12.0 Å². The first-order chi connectivity index (χ1) is 10.1. The number of halogens is 1. The third-order valence-electron chi connectivity index (χ3n) is 4.05. The van der Waals surface area contributed by atoms with Gasteiger partial charge in [0.25, 0.3) is 0 Å². The second kappa shape index (κ2) is 7.63. The van der Waals surface area contributed by atoms with Crippen molar-refractivity contribution < 1.29 is 0 Å². The molecule has 0 heterocycles. The fourth-order valence-corrected chi connectivity index (χ4v) is 2.98. The minimum absolute atomic E-state index is 0.253. The zero-order valence-electron chi connectivity index (χ0n) is 13.0. The van der Waals surface area contributed by atoms with Crippen molar-refractivity contribution in [3.8, 4) is 0 Å². The standard InChI is InChI=1S/C19H24ClN/c1-14(2)18(16-9-5-4-6-10-16)13-21-15(3)17-11-7-8-12-19(17)20/h4-12,14-15,18,21H,13H2,1-3H3/t15-,18?/m1/s1. The Labute approximate surface area is 133 Å². The number of rotatable bonds is 6. The number of hydrogen-bond donors (Lipinski definition) is 1. The number of nitrogens with one attached hydrogen (secondary N) is 1. The van der Waals surface area contributed by atoms with Gasteiger partial charge in [0, 0.05) is 17.6 Å². The van der Waals surface area contributed by atoms with Crippen molar-refractivity contribution in [1.29, 1.82) is 0 Å². The van der Waals surface area contributed by atoms with Crippen LogP contribution in [0, 0.1) is 5.92 Å². The van der Waals surface area contributed by atoms with Crippen LogP contribution in [0.3, 0.4) is 0 Å². The molecule has 0 saturated heterocycles. The second-order valence-electron chi connectivity index (χ2n) is 5.91. The average molecular weight is 302 g/mol. The average Bonchev–Trinajstić information content (AvgIpc) is 2.48. The molecule has 2 atom stereocenters. The van der Waals surface area contributed by atoms with Crippen LogP contribution < -0.4 is 5.32 Å². The van der Waals surface area contributed by atoms with Gasteiger partial charge in [0.05, 0.1) is 0 Å². The Bertz CT molecular complexity index is 551. The Balaban J connectivity index is 2.04. The lowest BCUT2D eigenvalue weighted by molar-refractivity contribution is 0.436. The lowest BCUT2D eigenvalue weighted by atomic mass is 9.88. The van der Waals surface area contributed by atoms with Gasteiger partial charge in [-0.1, -0.05) is 74.0 Å². The molecule has 2 rings (SSSR count). The predicted molar refractivity (Wildman–Crippen MR) is 91.9 cm³/mol. The number of benzene rings is 2. The molecule has 2 aromatic carbocycles. The molecule has 2 heteroatoms. The summed E-state index contributed by atoms with van der Waals surface area (Å²) in [7, 11) is 0. The molecule has 0 radical (unpaired) electrons. The summed E-state index contributed by atoms with van der Waals surface area (Å²) >= 11 is 6.27. The maximum atomic E-state index is 6.27. The van der Waals surface area contributed by atoms with Crippen LogP contribution in [0.4, 0.5) is 0 Å². The van der Waals surface area contributed by atoms with Crippen LogP contribution in [0.1, 0.15) is 43.9 Å². The van der Waals surface area contributed by atoms with Crippen molar-refractivity contribution in [3.63, 3.8) is 0 Å². The van der Waals surface area contributed by atoms with Crippen LogP contribution in [0.2, 0.25) is 5.02 Å². The molecule has 0 aliphatic carbocycles. The minimum atomic E-state index is 0.253. The Kier molecular flexibility index (Phi) is 5.84. The second-order valence-corrected chi connectivity index (χ2v) is 6.32. The first-order valence-electron chi connectivity index (χ1n) is 7.62. The summed E-state index contributed by atoms with van der Waals surface area (Å²) < 4.78 is 0. The van der Waals surface area contributed by atoms with E-state index in [9.17, 15) is 0 Å². The Hall–Kier alpha value is -1.31. The molecule has 1 N–H and O–H groups in total. The van der Waals surface area contributed by atoms with Gasteiger partial charge >= 0.3 is 0 Å². The number of hydrogen-bond acceptors (Lipinski definition) is 1. The van der Waals surface area contributed by atoms with Crippen molar-refractivity contribution >= 4 is 11.6 Å². The summed E-state index contributed by atoms with van der Waals surface area (Å²) in [5.74, 6) is 1.11. The van der Waals surface area contributed by atoms with E-state index in [0.717, 1.165) is 17.1 Å². The van der Waals surface area contributed by atoms with Crippen LogP contribution in [0.5, 0.6) is 0 Å². The van der Waals surface area contributed by atoms with Crippen LogP contribution >= 0.6 is 11.6 Å². The molecule has 2 aromatic rings. The fourth-order valence-electron chi connectivity index (χ4n) is 2.68. The van der Waals surface area contributed by atoms with E-state index >= 15 is 0 Å². The Morgan fingerprint density at radius 1 is 0.905 bits per heavy atom. The Morgan fingerprint density at radius 2 is 1.52 bits per heavy atom. The summed E-state index contributed by atoms with van der Waals surface area (Å²) in [4.78, 5) is 0. The summed E-state index contributed by atoms with van der Waals surface area (Å²) in [5, 5.41) is 4.47. The molecule has 21 heavy (non-hydrogen) atoms. The monoisotopic (exact) mass is 301 g/mol. The van der Waals surface area contributed by atoms with Gasteiger partial charge in [-0.25, -0.2) is 0 Å². The van der Waals surface area contributed by atoms with E-state index in [0.29, 0.717) is 11.8 Å². The normalized spacial score (nSPS) is 14.1. The molecule has 1 unspecified atom stereocenters. The molecule has 0 amide bonds. The lowest BCUT2D eigenvalue weighted by Crippen LogP contribution is -2.27.